The molecule has 0 aliphatic heterocycles. The molecule has 1 N–H and O–H groups in total. The van der Waals surface area contributed by atoms with Crippen LogP contribution in [0.15, 0.2) is 84.9 Å². The molecule has 29 heavy (non-hydrogen) atoms. The Kier molecular flexibility index (Phi) is 3.98. The second kappa shape index (κ2) is 6.67. The van der Waals surface area contributed by atoms with E-state index < -0.39 is 0 Å². The summed E-state index contributed by atoms with van der Waals surface area (Å²) in [6.45, 7) is 2.09. The number of hydrogen-bond donors (Lipinski definition) is 1. The number of fused-ring (bicyclic) bond motifs is 3. The molecule has 3 aromatic carbocycles. The van der Waals surface area contributed by atoms with E-state index in [4.69, 9.17) is 0 Å². The fraction of sp³-hybridized carbons (Fsp3) is 0.0800. The van der Waals surface area contributed by atoms with Crippen molar-refractivity contribution in [2.75, 3.05) is 5.32 Å². The molecule has 0 atom stereocenters. The molecule has 0 fully saturated rings. The number of carbonyl (C=O) groups is 1. The van der Waals surface area contributed by atoms with Crippen LogP contribution < -0.4 is 5.32 Å². The van der Waals surface area contributed by atoms with Crippen molar-refractivity contribution in [3.05, 3.63) is 96.2 Å². The molecule has 0 saturated heterocycles. The number of benzene rings is 3. The number of imidazole rings is 1. The van der Waals surface area contributed by atoms with E-state index >= 15 is 0 Å². The van der Waals surface area contributed by atoms with Crippen LogP contribution in [0.1, 0.15) is 16.1 Å². The van der Waals surface area contributed by atoms with Gasteiger partial charge < -0.3 is 9.88 Å². The van der Waals surface area contributed by atoms with Crippen LogP contribution in [0.25, 0.3) is 27.8 Å². The maximum atomic E-state index is 13.5. The highest BCUT2D eigenvalue weighted by atomic mass is 16.1. The summed E-state index contributed by atoms with van der Waals surface area (Å²) in [7, 11) is 2.05. The number of hydrogen-bond acceptors (Lipinski definition) is 1. The van der Waals surface area contributed by atoms with E-state index in [9.17, 15) is 4.79 Å². The largest absolute Gasteiger partial charge is 0.329 e. The molecule has 142 valence electrons. The van der Waals surface area contributed by atoms with Gasteiger partial charge in [-0.2, -0.15) is 0 Å². The molecular formula is C25H21N3O. The number of nitrogens with zero attached hydrogens (tertiary/aromatic N) is 2. The summed E-state index contributed by atoms with van der Waals surface area (Å²) in [6.07, 6.45) is 0. The topological polar surface area (TPSA) is 38.4 Å². The van der Waals surface area contributed by atoms with Crippen molar-refractivity contribution in [2.45, 2.75) is 6.92 Å². The number of nitrogens with one attached hydrogen (secondary N) is 1. The predicted molar refractivity (Wildman–Crippen MR) is 118 cm³/mol. The Morgan fingerprint density at radius 3 is 2.07 bits per heavy atom. The minimum atomic E-state index is -0.116. The monoisotopic (exact) mass is 379 g/mol. The molecule has 0 radical (unpaired) electrons. The van der Waals surface area contributed by atoms with Gasteiger partial charge in [-0.1, -0.05) is 60.7 Å². The number of aryl methyl sites for hydroxylation is 2. The number of rotatable bonds is 3. The molecular weight excluding hydrogens is 358 g/mol. The highest BCUT2D eigenvalue weighted by molar-refractivity contribution is 6.11. The summed E-state index contributed by atoms with van der Waals surface area (Å²) in [4.78, 5) is 13.5. The zero-order valence-corrected chi connectivity index (χ0v) is 16.4. The van der Waals surface area contributed by atoms with Crippen molar-refractivity contribution in [1.29, 1.82) is 0 Å². The number of para-hydroxylation sites is 3. The van der Waals surface area contributed by atoms with E-state index in [1.165, 1.54) is 0 Å². The summed E-state index contributed by atoms with van der Waals surface area (Å²) >= 11 is 0. The molecule has 5 rings (SSSR count). The lowest BCUT2D eigenvalue weighted by molar-refractivity contribution is 0.102. The maximum absolute atomic E-state index is 13.5. The van der Waals surface area contributed by atoms with Crippen molar-refractivity contribution < 1.29 is 4.79 Å². The zero-order chi connectivity index (χ0) is 20.0. The normalized spacial score (nSPS) is 11.2. The number of aromatic nitrogens is 2. The van der Waals surface area contributed by atoms with Crippen molar-refractivity contribution in [1.82, 2.24) is 8.97 Å². The lowest BCUT2D eigenvalue weighted by atomic mass is 10.0. The van der Waals surface area contributed by atoms with Crippen molar-refractivity contribution in [2.24, 2.45) is 7.05 Å². The Labute approximate surface area is 169 Å². The summed E-state index contributed by atoms with van der Waals surface area (Å²) in [5, 5.41) is 3.08. The molecule has 0 bridgehead atoms. The van der Waals surface area contributed by atoms with Gasteiger partial charge in [-0.25, -0.2) is 0 Å². The van der Waals surface area contributed by atoms with E-state index in [0.717, 1.165) is 39.1 Å². The Morgan fingerprint density at radius 1 is 0.793 bits per heavy atom. The van der Waals surface area contributed by atoms with Gasteiger partial charge in [0.15, 0.2) is 0 Å². The number of amides is 1. The second-order valence-electron chi connectivity index (χ2n) is 7.24. The van der Waals surface area contributed by atoms with Crippen LogP contribution in [0.3, 0.4) is 0 Å². The fourth-order valence-electron chi connectivity index (χ4n) is 4.25. The molecule has 0 unspecified atom stereocenters. The zero-order valence-electron chi connectivity index (χ0n) is 16.4. The van der Waals surface area contributed by atoms with Gasteiger partial charge in [0.1, 0.15) is 11.3 Å². The van der Waals surface area contributed by atoms with Gasteiger partial charge in [0.05, 0.1) is 11.0 Å². The van der Waals surface area contributed by atoms with Crippen molar-refractivity contribution >= 4 is 28.3 Å². The highest BCUT2D eigenvalue weighted by Crippen LogP contribution is 2.36. The summed E-state index contributed by atoms with van der Waals surface area (Å²) in [5.74, 6) is -0.116. The maximum Gasteiger partial charge on any atom is 0.273 e. The minimum absolute atomic E-state index is 0.116. The van der Waals surface area contributed by atoms with Gasteiger partial charge in [0.25, 0.3) is 5.91 Å². The van der Waals surface area contributed by atoms with Gasteiger partial charge in [-0.3, -0.25) is 9.20 Å². The molecule has 4 heteroatoms. The van der Waals surface area contributed by atoms with E-state index in [1.54, 1.807) is 0 Å². The Morgan fingerprint density at radius 2 is 1.38 bits per heavy atom. The minimum Gasteiger partial charge on any atom is -0.329 e. The van der Waals surface area contributed by atoms with Gasteiger partial charge in [0.2, 0.25) is 0 Å². The Bertz CT molecular complexity index is 1350. The number of carbonyl (C=O) groups excluding carboxylic acids is 1. The Balaban J connectivity index is 1.84. The molecule has 0 spiro atoms. The van der Waals surface area contributed by atoms with Gasteiger partial charge >= 0.3 is 0 Å². The smallest absolute Gasteiger partial charge is 0.273 e. The first-order valence-corrected chi connectivity index (χ1v) is 9.67. The first-order valence-electron chi connectivity index (χ1n) is 9.67. The van der Waals surface area contributed by atoms with E-state index in [1.807, 2.05) is 60.7 Å². The summed E-state index contributed by atoms with van der Waals surface area (Å²) < 4.78 is 4.25. The lowest BCUT2D eigenvalue weighted by Crippen LogP contribution is -2.15. The molecule has 4 nitrogen and oxygen atoms in total. The third-order valence-corrected chi connectivity index (χ3v) is 5.49. The quantitative estimate of drug-likeness (QED) is 0.432. The third-order valence-electron chi connectivity index (χ3n) is 5.49. The second-order valence-corrected chi connectivity index (χ2v) is 7.24. The van der Waals surface area contributed by atoms with Crippen LogP contribution in [-0.4, -0.2) is 14.9 Å². The van der Waals surface area contributed by atoms with Crippen LogP contribution in [0.4, 0.5) is 5.69 Å². The van der Waals surface area contributed by atoms with Gasteiger partial charge in [-0.05, 0) is 36.8 Å². The molecule has 2 aromatic heterocycles. The Hall–Kier alpha value is -3.79. The highest BCUT2D eigenvalue weighted by Gasteiger charge is 2.26. The average molecular weight is 379 g/mol. The van der Waals surface area contributed by atoms with E-state index in [0.29, 0.717) is 5.69 Å². The first-order chi connectivity index (χ1) is 14.2. The van der Waals surface area contributed by atoms with Gasteiger partial charge in [0, 0.05) is 23.9 Å². The fourth-order valence-corrected chi connectivity index (χ4v) is 4.25. The summed E-state index contributed by atoms with van der Waals surface area (Å²) in [5.41, 5.74) is 7.68. The van der Waals surface area contributed by atoms with Crippen molar-refractivity contribution in [3.63, 3.8) is 0 Å². The average Bonchev–Trinajstić information content (AvgIpc) is 3.22. The van der Waals surface area contributed by atoms with Crippen LogP contribution in [0, 0.1) is 6.92 Å². The standard InChI is InChI=1S/C25H21N3O/c1-17-22(18-11-5-3-6-12-18)23(24(29)26-19-13-7-4-8-14-19)28-21-16-10-9-15-20(21)27(2)25(17)28/h3-16H,1-2H3,(H,26,29). The molecule has 2 heterocycles. The third kappa shape index (κ3) is 2.64. The van der Waals surface area contributed by atoms with E-state index in [2.05, 4.69) is 52.5 Å². The predicted octanol–water partition coefficient (Wildman–Crippen LogP) is 5.66. The van der Waals surface area contributed by atoms with Crippen LogP contribution in [-0.2, 0) is 7.05 Å². The van der Waals surface area contributed by atoms with Crippen LogP contribution in [0.2, 0.25) is 0 Å². The lowest BCUT2D eigenvalue weighted by Gasteiger charge is -2.09. The first kappa shape index (κ1) is 17.3. The van der Waals surface area contributed by atoms with Crippen molar-refractivity contribution in [3.8, 4) is 11.1 Å². The summed E-state index contributed by atoms with van der Waals surface area (Å²) in [6, 6.07) is 27.9. The number of anilines is 1. The SMILES string of the molecule is Cc1c(-c2ccccc2)c(C(=O)Nc2ccccc2)n2c3ccccc3n(C)c12. The van der Waals surface area contributed by atoms with Gasteiger partial charge in [-0.15, -0.1) is 0 Å². The molecule has 0 aliphatic carbocycles. The van der Waals surface area contributed by atoms with Crippen LogP contribution >= 0.6 is 0 Å². The molecule has 0 aliphatic rings. The van der Waals surface area contributed by atoms with Crippen LogP contribution in [0.5, 0.6) is 0 Å². The molecule has 5 aromatic rings. The molecule has 1 amide bonds. The van der Waals surface area contributed by atoms with E-state index in [-0.39, 0.29) is 5.91 Å². The molecule has 0 saturated carbocycles.